The standard InChI is InChI=1S/C17H20FN3O.HI/c1-11-7-12(2)9-13(8-11)21-17(19)20-10-16(22)14-5-3-4-6-15(14)18;/h3-9,16,22H,10H2,1-2H3,(H3,19,20,21);1H. The molecule has 0 spiro atoms. The molecule has 23 heavy (non-hydrogen) atoms. The maximum atomic E-state index is 13.5. The molecule has 4 nitrogen and oxygen atoms in total. The fraction of sp³-hybridized carbons (Fsp3) is 0.235. The van der Waals surface area contributed by atoms with Crippen LogP contribution in [-0.2, 0) is 0 Å². The molecule has 0 bridgehead atoms. The maximum absolute atomic E-state index is 13.5. The largest absolute Gasteiger partial charge is 0.386 e. The molecule has 0 saturated carbocycles. The quantitative estimate of drug-likeness (QED) is 0.396. The van der Waals surface area contributed by atoms with Crippen molar-refractivity contribution in [2.24, 2.45) is 10.7 Å². The Labute approximate surface area is 152 Å². The van der Waals surface area contributed by atoms with E-state index in [2.05, 4.69) is 16.4 Å². The van der Waals surface area contributed by atoms with Gasteiger partial charge in [-0.15, -0.1) is 24.0 Å². The fourth-order valence-electron chi connectivity index (χ4n) is 2.26. The number of benzene rings is 2. The highest BCUT2D eigenvalue weighted by molar-refractivity contribution is 14.0. The topological polar surface area (TPSA) is 70.6 Å². The number of halogens is 2. The molecule has 0 aliphatic heterocycles. The molecule has 0 aliphatic carbocycles. The number of nitrogens with zero attached hydrogens (tertiary/aromatic N) is 1. The van der Waals surface area contributed by atoms with Gasteiger partial charge in [0.05, 0.1) is 6.54 Å². The SMILES string of the molecule is Cc1cc(C)cc(NC(N)=NCC(O)c2ccccc2F)c1.I. The van der Waals surface area contributed by atoms with E-state index in [1.54, 1.807) is 12.1 Å². The van der Waals surface area contributed by atoms with Crippen molar-refractivity contribution in [3.63, 3.8) is 0 Å². The molecular formula is C17H21FIN3O. The van der Waals surface area contributed by atoms with E-state index in [9.17, 15) is 9.50 Å². The Hall–Kier alpha value is -1.67. The first-order chi connectivity index (χ1) is 10.5. The van der Waals surface area contributed by atoms with Crippen molar-refractivity contribution in [3.8, 4) is 0 Å². The van der Waals surface area contributed by atoms with Gasteiger partial charge in [-0.1, -0.05) is 24.3 Å². The van der Waals surface area contributed by atoms with E-state index < -0.39 is 11.9 Å². The number of aliphatic imine (C=N–C) groups is 1. The van der Waals surface area contributed by atoms with Crippen LogP contribution < -0.4 is 11.1 Å². The molecule has 2 aromatic rings. The Balaban J connectivity index is 0.00000264. The molecule has 0 aromatic heterocycles. The van der Waals surface area contributed by atoms with Crippen LogP contribution in [0.1, 0.15) is 22.8 Å². The Kier molecular flexibility index (Phi) is 7.44. The third kappa shape index (κ3) is 5.80. The summed E-state index contributed by atoms with van der Waals surface area (Å²) in [6, 6.07) is 12.0. The Bertz CT molecular complexity index is 671. The van der Waals surface area contributed by atoms with Gasteiger partial charge in [0.15, 0.2) is 5.96 Å². The molecule has 2 rings (SSSR count). The summed E-state index contributed by atoms with van der Waals surface area (Å²) < 4.78 is 13.5. The van der Waals surface area contributed by atoms with Crippen molar-refractivity contribution < 1.29 is 9.50 Å². The van der Waals surface area contributed by atoms with Gasteiger partial charge in [0.1, 0.15) is 11.9 Å². The number of aliphatic hydroxyl groups excluding tert-OH is 1. The molecule has 0 amide bonds. The zero-order valence-electron chi connectivity index (χ0n) is 13.1. The number of aryl methyl sites for hydroxylation is 2. The van der Waals surface area contributed by atoms with Gasteiger partial charge in [-0.2, -0.15) is 0 Å². The van der Waals surface area contributed by atoms with E-state index in [1.807, 2.05) is 26.0 Å². The van der Waals surface area contributed by atoms with Crippen LogP contribution in [0.25, 0.3) is 0 Å². The molecule has 6 heteroatoms. The minimum atomic E-state index is -1.03. The van der Waals surface area contributed by atoms with Crippen LogP contribution in [-0.4, -0.2) is 17.6 Å². The minimum Gasteiger partial charge on any atom is -0.386 e. The van der Waals surface area contributed by atoms with E-state index in [0.717, 1.165) is 16.8 Å². The summed E-state index contributed by atoms with van der Waals surface area (Å²) in [7, 11) is 0. The van der Waals surface area contributed by atoms with E-state index >= 15 is 0 Å². The monoisotopic (exact) mass is 429 g/mol. The van der Waals surface area contributed by atoms with Crippen LogP contribution in [0.3, 0.4) is 0 Å². The average Bonchev–Trinajstić information content (AvgIpc) is 2.44. The lowest BCUT2D eigenvalue weighted by Crippen LogP contribution is -2.23. The molecule has 124 valence electrons. The smallest absolute Gasteiger partial charge is 0.193 e. The Morgan fingerprint density at radius 2 is 1.83 bits per heavy atom. The van der Waals surface area contributed by atoms with Crippen LogP contribution in [0, 0.1) is 19.7 Å². The lowest BCUT2D eigenvalue weighted by molar-refractivity contribution is 0.182. The lowest BCUT2D eigenvalue weighted by Gasteiger charge is -2.11. The van der Waals surface area contributed by atoms with Crippen LogP contribution in [0.4, 0.5) is 10.1 Å². The number of rotatable bonds is 4. The van der Waals surface area contributed by atoms with E-state index in [4.69, 9.17) is 5.73 Å². The molecule has 0 heterocycles. The Morgan fingerprint density at radius 1 is 1.22 bits per heavy atom. The van der Waals surface area contributed by atoms with Gasteiger partial charge in [-0.3, -0.25) is 4.99 Å². The van der Waals surface area contributed by atoms with Crippen LogP contribution >= 0.6 is 24.0 Å². The zero-order valence-corrected chi connectivity index (χ0v) is 15.4. The van der Waals surface area contributed by atoms with Crippen molar-refractivity contribution in [1.29, 1.82) is 0 Å². The summed E-state index contributed by atoms with van der Waals surface area (Å²) >= 11 is 0. The molecule has 2 aromatic carbocycles. The average molecular weight is 429 g/mol. The van der Waals surface area contributed by atoms with Gasteiger partial charge >= 0.3 is 0 Å². The summed E-state index contributed by atoms with van der Waals surface area (Å²) in [5, 5.41) is 12.9. The molecule has 0 radical (unpaired) electrons. The summed E-state index contributed by atoms with van der Waals surface area (Å²) in [5.74, 6) is -0.272. The molecule has 1 atom stereocenters. The van der Waals surface area contributed by atoms with Crippen molar-refractivity contribution in [3.05, 3.63) is 65.0 Å². The van der Waals surface area contributed by atoms with Gasteiger partial charge in [-0.25, -0.2) is 4.39 Å². The first kappa shape index (κ1) is 19.4. The third-order valence-electron chi connectivity index (χ3n) is 3.19. The fourth-order valence-corrected chi connectivity index (χ4v) is 2.26. The highest BCUT2D eigenvalue weighted by Gasteiger charge is 2.11. The first-order valence-electron chi connectivity index (χ1n) is 7.03. The van der Waals surface area contributed by atoms with Crippen LogP contribution in [0.2, 0.25) is 0 Å². The van der Waals surface area contributed by atoms with Gasteiger partial charge in [-0.05, 0) is 43.2 Å². The number of aliphatic hydroxyl groups is 1. The molecule has 0 fully saturated rings. The molecule has 0 saturated heterocycles. The molecule has 0 aliphatic rings. The zero-order chi connectivity index (χ0) is 16.1. The van der Waals surface area contributed by atoms with Gasteiger partial charge in [0.2, 0.25) is 0 Å². The number of anilines is 1. The second kappa shape index (κ2) is 8.83. The second-order valence-corrected chi connectivity index (χ2v) is 5.26. The predicted octanol–water partition coefficient (Wildman–Crippen LogP) is 3.52. The van der Waals surface area contributed by atoms with Crippen LogP contribution in [0.5, 0.6) is 0 Å². The van der Waals surface area contributed by atoms with Gasteiger partial charge in [0, 0.05) is 11.3 Å². The molecule has 4 N–H and O–H groups in total. The number of hydrogen-bond donors (Lipinski definition) is 3. The second-order valence-electron chi connectivity index (χ2n) is 5.26. The normalized spacial score (nSPS) is 12.4. The highest BCUT2D eigenvalue weighted by atomic mass is 127. The van der Waals surface area contributed by atoms with Crippen molar-refractivity contribution in [2.75, 3.05) is 11.9 Å². The maximum Gasteiger partial charge on any atom is 0.193 e. The van der Waals surface area contributed by atoms with E-state index in [0.29, 0.717) is 0 Å². The molecular weight excluding hydrogens is 408 g/mol. The van der Waals surface area contributed by atoms with Crippen molar-refractivity contribution in [2.45, 2.75) is 20.0 Å². The predicted molar refractivity (Wildman–Crippen MR) is 103 cm³/mol. The molecule has 1 unspecified atom stereocenters. The third-order valence-corrected chi connectivity index (χ3v) is 3.19. The number of nitrogens with one attached hydrogen (secondary N) is 1. The van der Waals surface area contributed by atoms with E-state index in [-0.39, 0.29) is 42.0 Å². The van der Waals surface area contributed by atoms with Gasteiger partial charge in [0.25, 0.3) is 0 Å². The summed E-state index contributed by atoms with van der Waals surface area (Å²) in [5.41, 5.74) is 9.08. The summed E-state index contributed by atoms with van der Waals surface area (Å²) in [4.78, 5) is 4.06. The number of hydrogen-bond acceptors (Lipinski definition) is 2. The number of nitrogens with two attached hydrogens (primary N) is 1. The summed E-state index contributed by atoms with van der Waals surface area (Å²) in [6.07, 6.45) is -1.03. The lowest BCUT2D eigenvalue weighted by atomic mass is 10.1. The summed E-state index contributed by atoms with van der Waals surface area (Å²) in [6.45, 7) is 3.98. The highest BCUT2D eigenvalue weighted by Crippen LogP contribution is 2.17. The van der Waals surface area contributed by atoms with Gasteiger partial charge < -0.3 is 16.2 Å². The first-order valence-corrected chi connectivity index (χ1v) is 7.03. The number of guanidine groups is 1. The van der Waals surface area contributed by atoms with Crippen molar-refractivity contribution >= 4 is 35.6 Å². The van der Waals surface area contributed by atoms with Crippen molar-refractivity contribution in [1.82, 2.24) is 0 Å². The van der Waals surface area contributed by atoms with Crippen LogP contribution in [0.15, 0.2) is 47.5 Å². The Morgan fingerprint density at radius 3 is 2.43 bits per heavy atom. The van der Waals surface area contributed by atoms with E-state index in [1.165, 1.54) is 12.1 Å². The minimum absolute atomic E-state index is 0.